The molecule has 3 aromatic carbocycles. The van der Waals surface area contributed by atoms with E-state index in [1.807, 2.05) is 32.9 Å². The van der Waals surface area contributed by atoms with Crippen molar-refractivity contribution in [1.29, 1.82) is 0 Å². The van der Waals surface area contributed by atoms with Crippen LogP contribution in [-0.4, -0.2) is 250 Å². The van der Waals surface area contributed by atoms with Crippen molar-refractivity contribution in [3.8, 4) is 0 Å². The highest BCUT2D eigenvalue weighted by Gasteiger charge is 2.51. The van der Waals surface area contributed by atoms with Gasteiger partial charge in [-0.25, -0.2) is 0 Å². The van der Waals surface area contributed by atoms with Gasteiger partial charge in [-0.05, 0) is 113 Å². The molecule has 3 aromatic rings. The Bertz CT molecular complexity index is 3610. The average Bonchev–Trinajstić information content (AvgIpc) is 1.33. The highest BCUT2D eigenvalue weighted by Crippen LogP contribution is 2.37. The van der Waals surface area contributed by atoms with E-state index < -0.39 is 172 Å². The SMILES string of the molecule is CC[C@H](C)[C@@H]1NC(=O)[C@H](C)N(C)C(=O)C[C@@H](C(=O)N2CCCCC2)N(C)C(=O)[C@H]([C@@H](C)CC)N(C)C(=O)C2(CCCC2)NC(=O)[C@@H](Cc2ccccc2)N(C)C(=O)[C@H](CCc2ccc(C(F)(F)F)c(Cl)c2)NC(=O)CN(C)C(=O)[C@H](Cc2ccc(C)cc2)N(C)C(=O)C2CCN2C(=O)[C@H](C)N(C)C1=O. The van der Waals surface area contributed by atoms with Gasteiger partial charge in [-0.2, -0.15) is 13.2 Å². The van der Waals surface area contributed by atoms with Crippen molar-refractivity contribution in [3.05, 3.63) is 106 Å². The van der Waals surface area contributed by atoms with Crippen molar-refractivity contribution in [1.82, 2.24) is 60.0 Å². The minimum absolute atomic E-state index is 0.0601. The van der Waals surface area contributed by atoms with E-state index in [4.69, 9.17) is 11.6 Å². The van der Waals surface area contributed by atoms with Gasteiger partial charge in [0, 0.05) is 81.8 Å². The molecule has 4 aliphatic rings. The van der Waals surface area contributed by atoms with Crippen LogP contribution in [0.2, 0.25) is 5.02 Å². The van der Waals surface area contributed by atoms with Crippen molar-refractivity contribution in [2.24, 2.45) is 11.8 Å². The predicted molar refractivity (Wildman–Crippen MR) is 385 cm³/mol. The number of fused-ring (bicyclic) bond motifs is 1. The number of rotatable bonds is 12. The van der Waals surface area contributed by atoms with Gasteiger partial charge in [0.15, 0.2) is 0 Å². The Kier molecular flexibility index (Phi) is 28.5. The fourth-order valence-electron chi connectivity index (χ4n) is 14.3. The van der Waals surface area contributed by atoms with Crippen molar-refractivity contribution in [2.75, 3.05) is 75.5 Å². The molecule has 1 spiro atoms. The second kappa shape index (κ2) is 35.9. The third kappa shape index (κ3) is 19.5. The number of carbonyl (C=O) groups excluding carboxylic acids is 12. The molecule has 24 nitrogen and oxygen atoms in total. The zero-order valence-corrected chi connectivity index (χ0v) is 63.4. The summed E-state index contributed by atoms with van der Waals surface area (Å²) in [6.07, 6.45) is -1.77. The number of hydrogen-bond donors (Lipinski definition) is 3. The van der Waals surface area contributed by atoms with E-state index in [1.165, 1.54) is 93.7 Å². The molecule has 1 saturated carbocycles. The summed E-state index contributed by atoms with van der Waals surface area (Å²) < 4.78 is 41.9. The normalized spacial score (nSPS) is 25.7. The first kappa shape index (κ1) is 82.7. The fourth-order valence-corrected chi connectivity index (χ4v) is 14.6. The second-order valence-corrected chi connectivity index (χ2v) is 29.5. The van der Waals surface area contributed by atoms with Crippen molar-refractivity contribution in [2.45, 2.75) is 211 Å². The Morgan fingerprint density at radius 2 is 1.19 bits per heavy atom. The number of piperidine rings is 1. The number of aryl methyl sites for hydroxylation is 2. The average molecular weight is 1470 g/mol. The number of halogens is 4. The maximum absolute atomic E-state index is 15.7. The van der Waals surface area contributed by atoms with Crippen LogP contribution in [0.15, 0.2) is 72.8 Å². The standard InChI is InChI=1S/C76H106ClF3N12O12/c1-15-47(4)63-72(102)86(10)50(7)67(97)92-40-35-57(92)70(100)88(12)59(43-53-29-27-46(3)28-30-53)69(99)84(8)45-61(93)81-56(34-32-52-31-33-54(55(77)41-52)76(78,79)80)68(98)87(11)58(42-51-25-19-17-20-26-51)66(96)83-75(36-21-22-37-75)74(104)90(14)64(48(5)16-2)73(103)89(13)60(71(101)91-38-23-18-24-39-91)44-62(94)85(9)49(6)65(95)82-63/h17,19-20,25-31,33,41,47-50,56-60,63-64H,15-16,18,21-24,32,34-40,42-45H2,1-14H3,(H,81,93)(H,82,95)(H,83,96)/t47-,48-,49-,50-,56-,57?,58+,59-,60-,63-,64-/m0/s1. The quantitative estimate of drug-likeness (QED) is 0.187. The summed E-state index contributed by atoms with van der Waals surface area (Å²) in [6.45, 7) is 12.1. The third-order valence-corrected chi connectivity index (χ3v) is 22.3. The Morgan fingerprint density at radius 3 is 1.77 bits per heavy atom. The summed E-state index contributed by atoms with van der Waals surface area (Å²) in [5.74, 6) is -9.48. The molecule has 0 aromatic heterocycles. The van der Waals surface area contributed by atoms with Crippen LogP contribution in [0.3, 0.4) is 0 Å². The lowest BCUT2D eigenvalue weighted by atomic mass is 9.90. The summed E-state index contributed by atoms with van der Waals surface area (Å²) in [7, 11) is 9.71. The number of likely N-dealkylation sites (N-methyl/N-ethyl adjacent to an activating group) is 7. The lowest BCUT2D eigenvalue weighted by molar-refractivity contribution is -0.160. The van der Waals surface area contributed by atoms with Gasteiger partial charge in [-0.15, -0.1) is 0 Å². The first-order valence-electron chi connectivity index (χ1n) is 36.3. The highest BCUT2D eigenvalue weighted by atomic mass is 35.5. The van der Waals surface area contributed by atoms with Crippen molar-refractivity contribution < 1.29 is 70.7 Å². The predicted octanol–water partition coefficient (Wildman–Crippen LogP) is 6.05. The largest absolute Gasteiger partial charge is 0.417 e. The number of alkyl halides is 3. The van der Waals surface area contributed by atoms with E-state index in [9.17, 15) is 46.7 Å². The molecule has 1 unspecified atom stereocenters. The minimum Gasteiger partial charge on any atom is -0.343 e. The van der Waals surface area contributed by atoms with Crippen LogP contribution < -0.4 is 16.0 Å². The Balaban J connectivity index is 1.33. The zero-order valence-electron chi connectivity index (χ0n) is 62.6. The summed E-state index contributed by atoms with van der Waals surface area (Å²) in [6, 6.07) is 7.24. The molecule has 1 aliphatic carbocycles. The number of nitrogens with one attached hydrogen (secondary N) is 3. The van der Waals surface area contributed by atoms with Gasteiger partial charge in [0.25, 0.3) is 0 Å². The van der Waals surface area contributed by atoms with Crippen LogP contribution >= 0.6 is 11.6 Å². The Hall–Kier alpha value is -8.62. The van der Waals surface area contributed by atoms with Gasteiger partial charge in [0.1, 0.15) is 59.9 Å². The van der Waals surface area contributed by atoms with Gasteiger partial charge in [0.05, 0.1) is 23.6 Å². The Labute approximate surface area is 614 Å². The van der Waals surface area contributed by atoms with Crippen LogP contribution in [0.4, 0.5) is 13.2 Å². The molecular formula is C76H106ClF3N12O12. The first-order valence-corrected chi connectivity index (χ1v) is 36.7. The summed E-state index contributed by atoms with van der Waals surface area (Å²) >= 11 is 6.20. The highest BCUT2D eigenvalue weighted by molar-refractivity contribution is 6.31. The molecule has 4 fully saturated rings. The number of carbonyl (C=O) groups is 12. The van der Waals surface area contributed by atoms with Gasteiger partial charge in [-0.1, -0.05) is 131 Å². The van der Waals surface area contributed by atoms with Crippen LogP contribution in [0.5, 0.6) is 0 Å². The number of nitrogens with zero attached hydrogens (tertiary/aromatic N) is 9. The van der Waals surface area contributed by atoms with E-state index in [1.54, 1.807) is 61.2 Å². The molecule has 3 heterocycles. The van der Waals surface area contributed by atoms with Gasteiger partial charge < -0.3 is 60.0 Å². The number of amides is 12. The van der Waals surface area contributed by atoms with Crippen LogP contribution in [-0.2, 0) is 83.0 Å². The molecular weight excluding hydrogens is 1370 g/mol. The molecule has 3 N–H and O–H groups in total. The minimum atomic E-state index is -4.79. The van der Waals surface area contributed by atoms with Crippen LogP contribution in [0.1, 0.15) is 146 Å². The molecule has 0 bridgehead atoms. The molecule has 3 aliphatic heterocycles. The maximum Gasteiger partial charge on any atom is 0.417 e. The lowest BCUT2D eigenvalue weighted by Crippen LogP contribution is -2.65. The van der Waals surface area contributed by atoms with Crippen molar-refractivity contribution in [3.63, 3.8) is 0 Å². The first-order chi connectivity index (χ1) is 49.0. The number of benzene rings is 3. The van der Waals surface area contributed by atoms with Gasteiger partial charge in [0.2, 0.25) is 70.9 Å². The van der Waals surface area contributed by atoms with E-state index in [0.29, 0.717) is 62.7 Å². The van der Waals surface area contributed by atoms with E-state index in [0.717, 1.165) is 38.8 Å². The zero-order chi connectivity index (χ0) is 77.0. The van der Waals surface area contributed by atoms with Crippen LogP contribution in [0, 0.1) is 18.8 Å². The molecule has 7 rings (SSSR count). The molecule has 3 saturated heterocycles. The van der Waals surface area contributed by atoms with E-state index in [-0.39, 0.29) is 57.1 Å². The van der Waals surface area contributed by atoms with E-state index >= 15 is 24.0 Å². The van der Waals surface area contributed by atoms with Gasteiger partial charge in [-0.3, -0.25) is 57.5 Å². The third-order valence-electron chi connectivity index (χ3n) is 22.0. The number of likely N-dealkylation sites (tertiary alicyclic amines) is 1. The molecule has 12 amide bonds. The smallest absolute Gasteiger partial charge is 0.343 e. The van der Waals surface area contributed by atoms with Crippen LogP contribution in [0.25, 0.3) is 0 Å². The fraction of sp³-hybridized carbons (Fsp3) is 0.605. The molecule has 570 valence electrons. The topological polar surface area (TPSA) is 270 Å². The van der Waals surface area contributed by atoms with E-state index in [2.05, 4.69) is 16.0 Å². The lowest BCUT2D eigenvalue weighted by Gasteiger charge is -2.45. The summed E-state index contributed by atoms with van der Waals surface area (Å²) in [5.41, 5.74) is -0.379. The molecule has 28 heteroatoms. The maximum atomic E-state index is 15.7. The Morgan fingerprint density at radius 1 is 0.606 bits per heavy atom. The van der Waals surface area contributed by atoms with Crippen molar-refractivity contribution >= 4 is 82.5 Å². The monoisotopic (exact) mass is 1470 g/mol. The molecule has 104 heavy (non-hydrogen) atoms. The number of hydrogen-bond acceptors (Lipinski definition) is 12. The summed E-state index contributed by atoms with van der Waals surface area (Å²) in [4.78, 5) is 192. The molecule has 11 atom stereocenters. The molecule has 0 radical (unpaired) electrons. The second-order valence-electron chi connectivity index (χ2n) is 29.1. The summed E-state index contributed by atoms with van der Waals surface area (Å²) in [5, 5.41) is 8.03. The van der Waals surface area contributed by atoms with Gasteiger partial charge >= 0.3 is 6.18 Å².